The highest BCUT2D eigenvalue weighted by atomic mass is 16.8. The first-order chi connectivity index (χ1) is 37.9. The van der Waals surface area contributed by atoms with Crippen molar-refractivity contribution in [3.05, 3.63) is 11.6 Å². The highest BCUT2D eigenvalue weighted by Gasteiger charge is 2.72. The number of carbonyl (C=O) groups is 2. The monoisotopic (exact) mass is 1160 g/mol. The second kappa shape index (κ2) is 23.2. The van der Waals surface area contributed by atoms with Crippen LogP contribution in [0.3, 0.4) is 0 Å². The van der Waals surface area contributed by atoms with E-state index >= 15 is 4.79 Å². The van der Waals surface area contributed by atoms with E-state index in [4.69, 9.17) is 42.6 Å². The molecule has 0 radical (unpaired) electrons. The lowest BCUT2D eigenvalue weighted by molar-refractivity contribution is -0.387. The van der Waals surface area contributed by atoms with E-state index in [2.05, 4.69) is 40.7 Å². The molecule has 464 valence electrons. The van der Waals surface area contributed by atoms with Crippen LogP contribution < -0.4 is 0 Å². The largest absolute Gasteiger partial charge is 0.465 e. The van der Waals surface area contributed by atoms with Gasteiger partial charge in [-0.3, -0.25) is 9.59 Å². The van der Waals surface area contributed by atoms with E-state index in [-0.39, 0.29) is 30.3 Å². The van der Waals surface area contributed by atoms with Gasteiger partial charge in [-0.25, -0.2) is 0 Å². The molecule has 0 aromatic rings. The van der Waals surface area contributed by atoms with Crippen molar-refractivity contribution in [2.24, 2.45) is 50.2 Å². The normalized spacial score (nSPS) is 53.4. The number of allylic oxidation sites excluding steroid dienone is 2. The van der Waals surface area contributed by atoms with Crippen LogP contribution in [0.1, 0.15) is 113 Å². The Morgan fingerprint density at radius 3 is 1.68 bits per heavy atom. The van der Waals surface area contributed by atoms with Crippen LogP contribution in [0.15, 0.2) is 11.6 Å². The third-order valence-corrected chi connectivity index (χ3v) is 21.7. The van der Waals surface area contributed by atoms with Crippen LogP contribution in [0.2, 0.25) is 0 Å². The number of esters is 2. The Labute approximate surface area is 471 Å². The minimum Gasteiger partial charge on any atom is -0.465 e. The lowest BCUT2D eigenvalue weighted by Gasteiger charge is -2.71. The van der Waals surface area contributed by atoms with Crippen molar-refractivity contribution in [1.82, 2.24) is 0 Å². The Morgan fingerprint density at radius 2 is 1.10 bits per heavy atom. The van der Waals surface area contributed by atoms with E-state index in [1.54, 1.807) is 0 Å². The fourth-order valence-electron chi connectivity index (χ4n) is 16.8. The molecular formula is C56H90O25. The molecule has 4 heterocycles. The highest BCUT2D eigenvalue weighted by Crippen LogP contribution is 2.76. The first-order valence-electron chi connectivity index (χ1n) is 28.8. The van der Waals surface area contributed by atoms with Gasteiger partial charge in [-0.1, -0.05) is 53.2 Å². The summed E-state index contributed by atoms with van der Waals surface area (Å²) in [4.78, 5) is 28.3. The molecule has 30 atom stereocenters. The topological polar surface area (TPSA) is 400 Å². The fourth-order valence-corrected chi connectivity index (χ4v) is 16.8. The molecule has 0 aromatic carbocycles. The van der Waals surface area contributed by atoms with Gasteiger partial charge in [0.25, 0.3) is 0 Å². The van der Waals surface area contributed by atoms with Crippen molar-refractivity contribution < 1.29 is 124 Å². The van der Waals surface area contributed by atoms with Crippen molar-refractivity contribution in [1.29, 1.82) is 0 Å². The SMILES string of the molecule is CC(=O)OC[C@@]1(C)[C@@H]2CC[C@]3(C)[C@H](CC=C4[C@@H]5CC(C)(C)CC[C@]5(C(=O)O[C@@H]5O[C@H](CO)[C@@H](O)[C@H](O[C@@H]6O[C@H](CO)[C@H](O)[C@H](O)[C@H]6O)[C@H]5O[C@@H]5O[C@@H](C)[C@H](O)[C@@H](O)[C@H]5O)CC[C@]43C)[C@]2(C)C[C@H](O)[C@@H]1O[C@@H]1O[C@H](CO)[C@@H](O)[C@H](O)[C@H]1O. The average Bonchev–Trinajstić information content (AvgIpc) is 1.09. The predicted molar refractivity (Wildman–Crippen MR) is 274 cm³/mol. The van der Waals surface area contributed by atoms with Gasteiger partial charge in [-0.2, -0.15) is 0 Å². The van der Waals surface area contributed by atoms with Gasteiger partial charge in [0.2, 0.25) is 6.29 Å². The maximum absolute atomic E-state index is 15.7. The number of ether oxygens (including phenoxy) is 9. The van der Waals surface area contributed by atoms with Crippen molar-refractivity contribution in [3.63, 3.8) is 0 Å². The molecule has 0 aromatic heterocycles. The number of fused-ring (bicyclic) bond motifs is 7. The Bertz CT molecular complexity index is 2270. The van der Waals surface area contributed by atoms with Crippen LogP contribution >= 0.6 is 0 Å². The molecular weight excluding hydrogens is 1070 g/mol. The zero-order valence-corrected chi connectivity index (χ0v) is 47.5. The molecule has 25 heteroatoms. The Kier molecular flexibility index (Phi) is 18.1. The van der Waals surface area contributed by atoms with E-state index in [9.17, 15) is 76.3 Å². The van der Waals surface area contributed by atoms with Gasteiger partial charge >= 0.3 is 11.9 Å². The van der Waals surface area contributed by atoms with Gasteiger partial charge in [-0.05, 0) is 104 Å². The third kappa shape index (κ3) is 10.6. The summed E-state index contributed by atoms with van der Waals surface area (Å²) in [5, 5.41) is 152. The van der Waals surface area contributed by atoms with Gasteiger partial charge in [0.1, 0.15) is 85.5 Å². The molecule has 0 amide bonds. The summed E-state index contributed by atoms with van der Waals surface area (Å²) in [6, 6.07) is 0. The number of hydrogen-bond acceptors (Lipinski definition) is 25. The van der Waals surface area contributed by atoms with Crippen LogP contribution in [0.5, 0.6) is 0 Å². The van der Waals surface area contributed by atoms with Crippen molar-refractivity contribution in [2.75, 3.05) is 26.4 Å². The van der Waals surface area contributed by atoms with E-state index in [0.717, 1.165) is 5.57 Å². The molecule has 4 saturated carbocycles. The maximum Gasteiger partial charge on any atom is 0.315 e. The Balaban J connectivity index is 1.04. The van der Waals surface area contributed by atoms with Gasteiger partial charge < -0.3 is 114 Å². The molecule has 0 unspecified atom stereocenters. The smallest absolute Gasteiger partial charge is 0.315 e. The summed E-state index contributed by atoms with van der Waals surface area (Å²) in [7, 11) is 0. The van der Waals surface area contributed by atoms with Crippen molar-refractivity contribution >= 4 is 11.9 Å². The zero-order valence-electron chi connectivity index (χ0n) is 47.5. The summed E-state index contributed by atoms with van der Waals surface area (Å²) < 4.78 is 54.5. The number of hydrogen-bond donors (Lipinski definition) is 14. The Morgan fingerprint density at radius 1 is 0.580 bits per heavy atom. The van der Waals surface area contributed by atoms with Gasteiger partial charge in [0.15, 0.2) is 25.0 Å². The highest BCUT2D eigenvalue weighted by molar-refractivity contribution is 5.79. The molecule has 25 nitrogen and oxygen atoms in total. The number of aliphatic hydroxyl groups is 14. The lowest BCUT2D eigenvalue weighted by Crippen LogP contribution is -2.70. The second-order valence-corrected chi connectivity index (χ2v) is 26.9. The van der Waals surface area contributed by atoms with Crippen LogP contribution in [-0.2, 0) is 52.2 Å². The molecule has 4 saturated heterocycles. The molecule has 0 bridgehead atoms. The Hall–Kier alpha value is -2.16. The molecule has 4 aliphatic heterocycles. The molecule has 0 spiro atoms. The molecule has 9 aliphatic rings. The van der Waals surface area contributed by atoms with E-state index in [1.807, 2.05) is 6.92 Å². The number of carbonyl (C=O) groups excluding carboxylic acids is 2. The molecule has 5 aliphatic carbocycles. The van der Waals surface area contributed by atoms with Crippen LogP contribution in [0.4, 0.5) is 0 Å². The van der Waals surface area contributed by atoms with Gasteiger partial charge in [0.05, 0.1) is 50.2 Å². The minimum atomic E-state index is -1.99. The minimum absolute atomic E-state index is 0.0937. The summed E-state index contributed by atoms with van der Waals surface area (Å²) in [6.45, 7) is 13.0. The lowest BCUT2D eigenvalue weighted by atomic mass is 9.33. The molecule has 81 heavy (non-hydrogen) atoms. The van der Waals surface area contributed by atoms with E-state index < -0.39 is 200 Å². The second-order valence-electron chi connectivity index (χ2n) is 26.9. The summed E-state index contributed by atoms with van der Waals surface area (Å²) in [6.07, 6.45) is -29.9. The summed E-state index contributed by atoms with van der Waals surface area (Å²) in [5.74, 6) is -2.03. The van der Waals surface area contributed by atoms with Crippen LogP contribution in [0, 0.1) is 50.2 Å². The van der Waals surface area contributed by atoms with Crippen molar-refractivity contribution in [3.8, 4) is 0 Å². The maximum atomic E-state index is 15.7. The standard InChI is InChI=1S/C56H90O25/c1-23-33(62)37(66)40(69)46(74-23)79-44-43(78-47-41(70)38(67)34(63)28(19-57)75-47)36(65)30(21-59)77-49(44)81-50(72)56-15-13-51(3,4)17-26(56)25-9-10-32-52(5)18-27(61)45(80-48-42(71)39(68)35(64)29(20-58)76-48)53(6,22-73-24(2)60)31(52)11-12-55(32,8)54(25,7)14-16-56/h9,23,26-49,57-59,61-71H,10-22H2,1-8H3/t23-,26-,27-,28+,29+,30+,31+,32+,33-,34-,35+,36+,37+,38-,39-,40+,41+,42+,43-,44+,45-,46-,47-,48-,49-,52+,53-,54+,55+,56-/m0/s1. The van der Waals surface area contributed by atoms with E-state index in [1.165, 1.54) is 13.8 Å². The first-order valence-corrected chi connectivity index (χ1v) is 28.8. The summed E-state index contributed by atoms with van der Waals surface area (Å²) >= 11 is 0. The third-order valence-electron chi connectivity index (χ3n) is 21.7. The summed E-state index contributed by atoms with van der Waals surface area (Å²) in [5.41, 5.74) is -3.15. The first kappa shape index (κ1) is 63.3. The van der Waals surface area contributed by atoms with Gasteiger partial charge in [0, 0.05) is 12.3 Å². The predicted octanol–water partition coefficient (Wildman–Crippen LogP) is -2.49. The quantitative estimate of drug-likeness (QED) is 0.0515. The van der Waals surface area contributed by atoms with Crippen LogP contribution in [0.25, 0.3) is 0 Å². The number of rotatable bonds is 13. The molecule has 14 N–H and O–H groups in total. The number of aliphatic hydroxyl groups excluding tert-OH is 14. The van der Waals surface area contributed by atoms with E-state index in [0.29, 0.717) is 51.4 Å². The van der Waals surface area contributed by atoms with Crippen molar-refractivity contribution in [2.45, 2.75) is 248 Å². The molecule has 9 rings (SSSR count). The fraction of sp³-hybridized carbons (Fsp3) is 0.929. The van der Waals surface area contributed by atoms with Gasteiger partial charge in [-0.15, -0.1) is 0 Å². The average molecular weight is 1160 g/mol. The van der Waals surface area contributed by atoms with Crippen LogP contribution in [-0.4, -0.2) is 245 Å². The zero-order chi connectivity index (χ0) is 59.4. The molecule has 8 fully saturated rings.